The Bertz CT molecular complexity index is 380. The molecule has 0 atom stereocenters. The molecule has 0 spiro atoms. The molecule has 1 aromatic carbocycles. The van der Waals surface area contributed by atoms with E-state index in [4.69, 9.17) is 10.00 Å². The minimum atomic E-state index is 0.0968. The minimum absolute atomic E-state index is 0.0968. The molecule has 0 aliphatic heterocycles. The summed E-state index contributed by atoms with van der Waals surface area (Å²) in [7, 11) is 0. The summed E-state index contributed by atoms with van der Waals surface area (Å²) in [6.07, 6.45) is 0. The van der Waals surface area contributed by atoms with Crippen LogP contribution in [-0.2, 0) is 6.54 Å². The van der Waals surface area contributed by atoms with Gasteiger partial charge in [0.25, 0.3) is 0 Å². The summed E-state index contributed by atoms with van der Waals surface area (Å²) >= 11 is 0. The molecule has 0 saturated heterocycles. The van der Waals surface area contributed by atoms with E-state index in [1.807, 2.05) is 31.2 Å². The highest BCUT2D eigenvalue weighted by atomic mass is 16.5. The molecular formula is C13H18N2O. The molecule has 1 aromatic rings. The molecule has 0 radical (unpaired) electrons. The van der Waals surface area contributed by atoms with E-state index in [1.165, 1.54) is 0 Å². The van der Waals surface area contributed by atoms with Gasteiger partial charge in [-0.05, 0) is 12.5 Å². The Balaban J connectivity index is 2.81. The lowest BCUT2D eigenvalue weighted by molar-refractivity contribution is 0.359. The van der Waals surface area contributed by atoms with Crippen LogP contribution < -0.4 is 10.1 Å². The van der Waals surface area contributed by atoms with Crippen LogP contribution in [0.15, 0.2) is 18.2 Å². The molecule has 86 valence electrons. The van der Waals surface area contributed by atoms with E-state index in [0.29, 0.717) is 6.04 Å². The van der Waals surface area contributed by atoms with Crippen molar-refractivity contribution in [3.8, 4) is 11.8 Å². The van der Waals surface area contributed by atoms with E-state index in [-0.39, 0.29) is 6.61 Å². The fraction of sp³-hybridized carbons (Fsp3) is 0.462. The fourth-order valence-electron chi connectivity index (χ4n) is 1.48. The molecule has 0 aromatic heterocycles. The maximum absolute atomic E-state index is 8.54. The van der Waals surface area contributed by atoms with Crippen LogP contribution in [0.25, 0.3) is 0 Å². The highest BCUT2D eigenvalue weighted by Gasteiger charge is 2.06. The Morgan fingerprint density at radius 2 is 2.19 bits per heavy atom. The summed E-state index contributed by atoms with van der Waals surface area (Å²) in [6.45, 7) is 7.06. The summed E-state index contributed by atoms with van der Waals surface area (Å²) < 4.78 is 5.45. The molecular weight excluding hydrogens is 200 g/mol. The van der Waals surface area contributed by atoms with Crippen molar-refractivity contribution in [1.82, 2.24) is 5.32 Å². The van der Waals surface area contributed by atoms with Gasteiger partial charge in [-0.2, -0.15) is 5.26 Å². The summed E-state index contributed by atoms with van der Waals surface area (Å²) in [5, 5.41) is 11.9. The van der Waals surface area contributed by atoms with E-state index in [2.05, 4.69) is 19.2 Å². The fourth-order valence-corrected chi connectivity index (χ4v) is 1.48. The van der Waals surface area contributed by atoms with Crippen molar-refractivity contribution in [2.75, 3.05) is 6.61 Å². The first-order valence-corrected chi connectivity index (χ1v) is 5.46. The third kappa shape index (κ3) is 3.56. The number of nitrogens with one attached hydrogen (secondary N) is 1. The topological polar surface area (TPSA) is 45.0 Å². The van der Waals surface area contributed by atoms with E-state index in [9.17, 15) is 0 Å². The number of benzene rings is 1. The van der Waals surface area contributed by atoms with E-state index in [1.54, 1.807) is 0 Å². The van der Waals surface area contributed by atoms with Crippen LogP contribution in [0.3, 0.4) is 0 Å². The smallest absolute Gasteiger partial charge is 0.174 e. The molecule has 3 nitrogen and oxygen atoms in total. The highest BCUT2D eigenvalue weighted by molar-refractivity contribution is 5.40. The first-order chi connectivity index (χ1) is 7.65. The Morgan fingerprint density at radius 1 is 1.44 bits per heavy atom. The van der Waals surface area contributed by atoms with E-state index < -0.39 is 0 Å². The third-order valence-electron chi connectivity index (χ3n) is 2.28. The zero-order valence-electron chi connectivity index (χ0n) is 10.1. The summed E-state index contributed by atoms with van der Waals surface area (Å²) in [6, 6.07) is 8.45. The molecule has 1 rings (SSSR count). The predicted molar refractivity (Wildman–Crippen MR) is 64.3 cm³/mol. The largest absolute Gasteiger partial charge is 0.478 e. The quantitative estimate of drug-likeness (QED) is 0.825. The maximum Gasteiger partial charge on any atom is 0.174 e. The third-order valence-corrected chi connectivity index (χ3v) is 2.28. The lowest BCUT2D eigenvalue weighted by atomic mass is 10.1. The summed E-state index contributed by atoms with van der Waals surface area (Å²) in [5.41, 5.74) is 2.17. The molecule has 0 aliphatic carbocycles. The minimum Gasteiger partial charge on any atom is -0.478 e. The number of rotatable bonds is 5. The monoisotopic (exact) mass is 218 g/mol. The lowest BCUT2D eigenvalue weighted by Crippen LogP contribution is -2.22. The number of ether oxygens (including phenoxy) is 1. The van der Waals surface area contributed by atoms with Gasteiger partial charge in [0.1, 0.15) is 11.8 Å². The van der Waals surface area contributed by atoms with Gasteiger partial charge in [-0.3, -0.25) is 0 Å². The van der Waals surface area contributed by atoms with Crippen molar-refractivity contribution >= 4 is 0 Å². The molecule has 0 bridgehead atoms. The standard InChI is InChI=1S/C13H18N2O/c1-10(2)15-9-12-6-4-5-11(3)13(12)16-8-7-14/h4-6,10,15H,8-9H2,1-3H3. The second kappa shape index (κ2) is 6.14. The van der Waals surface area contributed by atoms with Crippen molar-refractivity contribution in [3.63, 3.8) is 0 Å². The van der Waals surface area contributed by atoms with Crippen molar-refractivity contribution < 1.29 is 4.74 Å². The van der Waals surface area contributed by atoms with Crippen LogP contribution >= 0.6 is 0 Å². The van der Waals surface area contributed by atoms with Crippen LogP contribution in [0.5, 0.6) is 5.75 Å². The van der Waals surface area contributed by atoms with E-state index in [0.717, 1.165) is 23.4 Å². The second-order valence-corrected chi connectivity index (χ2v) is 4.05. The molecule has 1 N–H and O–H groups in total. The van der Waals surface area contributed by atoms with Crippen LogP contribution in [0.4, 0.5) is 0 Å². The van der Waals surface area contributed by atoms with Crippen LogP contribution in [0.1, 0.15) is 25.0 Å². The number of nitriles is 1. The Morgan fingerprint density at radius 3 is 2.81 bits per heavy atom. The second-order valence-electron chi connectivity index (χ2n) is 4.05. The number of nitrogens with zero attached hydrogens (tertiary/aromatic N) is 1. The molecule has 16 heavy (non-hydrogen) atoms. The van der Waals surface area contributed by atoms with Crippen molar-refractivity contribution in [2.45, 2.75) is 33.4 Å². The zero-order valence-corrected chi connectivity index (χ0v) is 10.1. The molecule has 0 aliphatic rings. The maximum atomic E-state index is 8.54. The van der Waals surface area contributed by atoms with Gasteiger partial charge in [0.15, 0.2) is 6.61 Å². The first-order valence-electron chi connectivity index (χ1n) is 5.46. The Kier molecular flexibility index (Phi) is 4.81. The highest BCUT2D eigenvalue weighted by Crippen LogP contribution is 2.23. The average Bonchev–Trinajstić information content (AvgIpc) is 2.25. The van der Waals surface area contributed by atoms with Gasteiger partial charge in [0.2, 0.25) is 0 Å². The number of hydrogen-bond acceptors (Lipinski definition) is 3. The molecule has 0 amide bonds. The number of hydrogen-bond donors (Lipinski definition) is 1. The summed E-state index contributed by atoms with van der Waals surface area (Å²) in [4.78, 5) is 0. The molecule has 0 saturated carbocycles. The molecule has 0 heterocycles. The van der Waals surface area contributed by atoms with Gasteiger partial charge in [-0.25, -0.2) is 0 Å². The van der Waals surface area contributed by atoms with Gasteiger partial charge in [0.05, 0.1) is 0 Å². The summed E-state index contributed by atoms with van der Waals surface area (Å²) in [5.74, 6) is 0.831. The predicted octanol–water partition coefficient (Wildman–Crippen LogP) is 2.40. The van der Waals surface area contributed by atoms with Crippen LogP contribution in [0.2, 0.25) is 0 Å². The van der Waals surface area contributed by atoms with Crippen molar-refractivity contribution in [3.05, 3.63) is 29.3 Å². The lowest BCUT2D eigenvalue weighted by Gasteiger charge is -2.14. The van der Waals surface area contributed by atoms with Gasteiger partial charge >= 0.3 is 0 Å². The van der Waals surface area contributed by atoms with Gasteiger partial charge < -0.3 is 10.1 Å². The Labute approximate surface area is 97.0 Å². The van der Waals surface area contributed by atoms with Gasteiger partial charge in [-0.15, -0.1) is 0 Å². The van der Waals surface area contributed by atoms with Crippen LogP contribution in [0, 0.1) is 18.3 Å². The molecule has 3 heteroatoms. The zero-order chi connectivity index (χ0) is 12.0. The molecule has 0 fully saturated rings. The van der Waals surface area contributed by atoms with Crippen LogP contribution in [-0.4, -0.2) is 12.6 Å². The van der Waals surface area contributed by atoms with Gasteiger partial charge in [0, 0.05) is 18.2 Å². The number of para-hydroxylation sites is 1. The average molecular weight is 218 g/mol. The number of aryl methyl sites for hydroxylation is 1. The SMILES string of the molecule is Cc1cccc(CNC(C)C)c1OCC#N. The van der Waals surface area contributed by atoms with Crippen molar-refractivity contribution in [2.24, 2.45) is 0 Å². The van der Waals surface area contributed by atoms with E-state index >= 15 is 0 Å². The normalized spacial score (nSPS) is 10.2. The van der Waals surface area contributed by atoms with Crippen molar-refractivity contribution in [1.29, 1.82) is 5.26 Å². The molecule has 0 unspecified atom stereocenters. The first kappa shape index (κ1) is 12.5. The Hall–Kier alpha value is -1.53. The van der Waals surface area contributed by atoms with Gasteiger partial charge in [-0.1, -0.05) is 32.0 Å².